The van der Waals surface area contributed by atoms with Crippen molar-refractivity contribution in [2.45, 2.75) is 19.8 Å². The largest absolute Gasteiger partial charge is 0.478 e. The zero-order chi connectivity index (χ0) is 15.0. The van der Waals surface area contributed by atoms with Gasteiger partial charge in [-0.25, -0.2) is 4.79 Å². The Balaban J connectivity index is 2.27. The van der Waals surface area contributed by atoms with Crippen LogP contribution < -0.4 is 5.43 Å². The Hall–Kier alpha value is -2.69. The van der Waals surface area contributed by atoms with Crippen molar-refractivity contribution in [3.63, 3.8) is 0 Å². The zero-order valence-corrected chi connectivity index (χ0v) is 11.8. The number of benzene rings is 1. The lowest BCUT2D eigenvalue weighted by Crippen LogP contribution is -2.29. The Kier molecular flexibility index (Phi) is 3.17. The molecule has 1 unspecified atom stereocenters. The van der Waals surface area contributed by atoms with E-state index in [9.17, 15) is 9.90 Å². The highest BCUT2D eigenvalue weighted by atomic mass is 16.4. The number of aromatic nitrogens is 1. The van der Waals surface area contributed by atoms with Crippen molar-refractivity contribution >= 4 is 22.5 Å². The second-order valence-electron chi connectivity index (χ2n) is 5.06. The molecular weight excluding hydrogens is 266 g/mol. The molecule has 1 aromatic carbocycles. The number of rotatable bonds is 2. The van der Waals surface area contributed by atoms with E-state index < -0.39 is 11.9 Å². The molecule has 0 amide bonds. The van der Waals surface area contributed by atoms with Gasteiger partial charge in [0.1, 0.15) is 0 Å². The molecule has 2 heterocycles. The molecule has 1 atom stereocenters. The third-order valence-electron chi connectivity index (χ3n) is 3.72. The maximum atomic E-state index is 11.6. The number of carbonyl (C=O) groups is 1. The van der Waals surface area contributed by atoms with E-state index in [0.717, 1.165) is 16.5 Å². The number of hydrazone groups is 1. The van der Waals surface area contributed by atoms with Crippen LogP contribution >= 0.6 is 0 Å². The van der Waals surface area contributed by atoms with E-state index >= 15 is 0 Å². The summed E-state index contributed by atoms with van der Waals surface area (Å²) in [6.07, 6.45) is 1.71. The van der Waals surface area contributed by atoms with Gasteiger partial charge in [-0.2, -0.15) is 5.10 Å². The summed E-state index contributed by atoms with van der Waals surface area (Å²) in [5.41, 5.74) is 5.04. The Morgan fingerprint density at radius 1 is 1.24 bits per heavy atom. The number of aliphatic carboxylic acids is 1. The SMILES string of the molecule is CC1=NNC(C)=C(C(=O)O)C1c1nccc2ccccc12. The van der Waals surface area contributed by atoms with Gasteiger partial charge in [0.15, 0.2) is 0 Å². The van der Waals surface area contributed by atoms with E-state index in [1.807, 2.05) is 37.3 Å². The number of allylic oxidation sites excluding steroid dienone is 1. The van der Waals surface area contributed by atoms with Crippen molar-refractivity contribution in [3.8, 4) is 0 Å². The van der Waals surface area contributed by atoms with Gasteiger partial charge < -0.3 is 5.11 Å². The summed E-state index contributed by atoms with van der Waals surface area (Å²) in [6, 6.07) is 9.75. The fourth-order valence-corrected chi connectivity index (χ4v) is 2.71. The number of nitrogens with zero attached hydrogens (tertiary/aromatic N) is 2. The second kappa shape index (κ2) is 5.01. The molecule has 0 spiro atoms. The number of hydrogen-bond acceptors (Lipinski definition) is 4. The third-order valence-corrected chi connectivity index (χ3v) is 3.72. The van der Waals surface area contributed by atoms with Crippen LogP contribution in [0.15, 0.2) is 52.9 Å². The molecule has 1 aliphatic heterocycles. The highest BCUT2D eigenvalue weighted by Gasteiger charge is 2.32. The molecule has 2 aromatic rings. The first-order chi connectivity index (χ1) is 10.1. The molecule has 1 aromatic heterocycles. The quantitative estimate of drug-likeness (QED) is 0.887. The maximum absolute atomic E-state index is 11.6. The summed E-state index contributed by atoms with van der Waals surface area (Å²) in [7, 11) is 0. The maximum Gasteiger partial charge on any atom is 0.334 e. The molecule has 5 nitrogen and oxygen atoms in total. The predicted octanol–water partition coefficient (Wildman–Crippen LogP) is 2.66. The standard InChI is InChI=1S/C16H15N3O2/c1-9-13(14(16(20)21)10(2)19-18-9)15-12-6-4-3-5-11(12)7-8-17-15/h3-8,13,19H,1-2H3,(H,20,21). The predicted molar refractivity (Wildman–Crippen MR) is 81.1 cm³/mol. The monoisotopic (exact) mass is 281 g/mol. The van der Waals surface area contributed by atoms with Crippen LogP contribution in [0.5, 0.6) is 0 Å². The highest BCUT2D eigenvalue weighted by molar-refractivity contribution is 6.05. The first-order valence-corrected chi connectivity index (χ1v) is 6.67. The van der Waals surface area contributed by atoms with Gasteiger partial charge in [-0.05, 0) is 25.3 Å². The third kappa shape index (κ3) is 2.16. The van der Waals surface area contributed by atoms with E-state index in [4.69, 9.17) is 0 Å². The lowest BCUT2D eigenvalue weighted by atomic mass is 9.86. The molecule has 0 aliphatic carbocycles. The minimum atomic E-state index is -0.950. The van der Waals surface area contributed by atoms with Gasteiger partial charge in [0.25, 0.3) is 0 Å². The second-order valence-corrected chi connectivity index (χ2v) is 5.06. The van der Waals surface area contributed by atoms with Crippen molar-refractivity contribution in [3.05, 3.63) is 53.5 Å². The Morgan fingerprint density at radius 2 is 2.00 bits per heavy atom. The molecule has 106 valence electrons. The molecule has 0 fully saturated rings. The molecular formula is C16H15N3O2. The van der Waals surface area contributed by atoms with Crippen LogP contribution in [-0.2, 0) is 4.79 Å². The summed E-state index contributed by atoms with van der Waals surface area (Å²) in [5, 5.41) is 15.8. The average Bonchev–Trinajstić information content (AvgIpc) is 2.48. The summed E-state index contributed by atoms with van der Waals surface area (Å²) in [5.74, 6) is -1.39. The average molecular weight is 281 g/mol. The minimum Gasteiger partial charge on any atom is -0.478 e. The van der Waals surface area contributed by atoms with E-state index in [1.54, 1.807) is 13.1 Å². The fraction of sp³-hybridized carbons (Fsp3) is 0.188. The van der Waals surface area contributed by atoms with Crippen LogP contribution in [-0.4, -0.2) is 21.8 Å². The summed E-state index contributed by atoms with van der Waals surface area (Å²) >= 11 is 0. The molecule has 5 heteroatoms. The minimum absolute atomic E-state index is 0.298. The van der Waals surface area contributed by atoms with E-state index in [1.165, 1.54) is 0 Å². The van der Waals surface area contributed by atoms with Gasteiger partial charge in [-0.3, -0.25) is 10.4 Å². The van der Waals surface area contributed by atoms with Crippen molar-refractivity contribution < 1.29 is 9.90 Å². The number of pyridine rings is 1. The fourth-order valence-electron chi connectivity index (χ4n) is 2.71. The zero-order valence-electron chi connectivity index (χ0n) is 11.8. The van der Waals surface area contributed by atoms with Gasteiger partial charge in [0.2, 0.25) is 0 Å². The molecule has 3 rings (SSSR count). The molecule has 0 saturated heterocycles. The number of nitrogens with one attached hydrogen (secondary N) is 1. The van der Waals surface area contributed by atoms with Gasteiger partial charge in [0, 0.05) is 23.0 Å². The molecule has 21 heavy (non-hydrogen) atoms. The number of fused-ring (bicyclic) bond motifs is 1. The Bertz CT molecular complexity index is 788. The van der Waals surface area contributed by atoms with Crippen molar-refractivity contribution in [1.82, 2.24) is 10.4 Å². The first kappa shape index (κ1) is 13.3. The lowest BCUT2D eigenvalue weighted by molar-refractivity contribution is -0.132. The normalized spacial score (nSPS) is 18.4. The smallest absolute Gasteiger partial charge is 0.334 e. The van der Waals surface area contributed by atoms with Gasteiger partial charge in [-0.1, -0.05) is 24.3 Å². The van der Waals surface area contributed by atoms with Crippen LogP contribution in [0.2, 0.25) is 0 Å². The summed E-state index contributed by atoms with van der Waals surface area (Å²) < 4.78 is 0. The van der Waals surface area contributed by atoms with Crippen molar-refractivity contribution in [1.29, 1.82) is 0 Å². The molecule has 1 aliphatic rings. The topological polar surface area (TPSA) is 74.6 Å². The molecule has 0 saturated carbocycles. The Labute approximate surface area is 122 Å². The first-order valence-electron chi connectivity index (χ1n) is 6.67. The van der Waals surface area contributed by atoms with Crippen LogP contribution in [0.1, 0.15) is 25.5 Å². The lowest BCUT2D eigenvalue weighted by Gasteiger charge is -2.24. The number of carboxylic acids is 1. The number of carboxylic acid groups (broad SMARTS) is 1. The Morgan fingerprint density at radius 3 is 2.76 bits per heavy atom. The van der Waals surface area contributed by atoms with Crippen molar-refractivity contribution in [2.24, 2.45) is 5.10 Å². The highest BCUT2D eigenvalue weighted by Crippen LogP contribution is 2.33. The number of hydrogen-bond donors (Lipinski definition) is 2. The van der Waals surface area contributed by atoms with Crippen LogP contribution in [0.4, 0.5) is 0 Å². The molecule has 0 radical (unpaired) electrons. The molecule has 2 N–H and O–H groups in total. The van der Waals surface area contributed by atoms with Crippen molar-refractivity contribution in [2.75, 3.05) is 0 Å². The van der Waals surface area contributed by atoms with Crippen LogP contribution in [0.3, 0.4) is 0 Å². The summed E-state index contributed by atoms with van der Waals surface area (Å²) in [6.45, 7) is 3.54. The van der Waals surface area contributed by atoms with E-state index in [0.29, 0.717) is 17.0 Å². The van der Waals surface area contributed by atoms with E-state index in [2.05, 4.69) is 15.5 Å². The van der Waals surface area contributed by atoms with Gasteiger partial charge in [0.05, 0.1) is 17.2 Å². The summed E-state index contributed by atoms with van der Waals surface area (Å²) in [4.78, 5) is 16.1. The van der Waals surface area contributed by atoms with Gasteiger partial charge in [-0.15, -0.1) is 0 Å². The molecule has 0 bridgehead atoms. The van der Waals surface area contributed by atoms with Crippen LogP contribution in [0.25, 0.3) is 10.8 Å². The van der Waals surface area contributed by atoms with Crippen LogP contribution in [0, 0.1) is 0 Å². The van der Waals surface area contributed by atoms with E-state index in [-0.39, 0.29) is 0 Å². The van der Waals surface area contributed by atoms with Gasteiger partial charge >= 0.3 is 5.97 Å².